The lowest BCUT2D eigenvalue weighted by atomic mass is 10.0. The molecular weight excluding hydrogens is 324 g/mol. The Hall–Kier alpha value is -1.76. The molecule has 1 aromatic heterocycles. The molecule has 1 N–H and O–H groups in total. The van der Waals surface area contributed by atoms with Crippen LogP contribution >= 0.6 is 11.3 Å². The molecule has 5 nitrogen and oxygen atoms in total. The molecule has 0 saturated carbocycles. The summed E-state index contributed by atoms with van der Waals surface area (Å²) in [5, 5.41) is 5.09. The number of nitrogens with zero attached hydrogens (tertiary/aromatic N) is 1. The number of rotatable bonds is 5. The average molecular weight is 346 g/mol. The van der Waals surface area contributed by atoms with E-state index in [1.165, 1.54) is 0 Å². The predicted molar refractivity (Wildman–Crippen MR) is 93.3 cm³/mol. The summed E-state index contributed by atoms with van der Waals surface area (Å²) in [5.41, 5.74) is 5.47. The Balaban J connectivity index is 1.64. The summed E-state index contributed by atoms with van der Waals surface area (Å²) in [6, 6.07) is 5.87. The molecule has 3 rings (SSSR count). The number of hydrogen-bond donors (Lipinski definition) is 1. The number of benzene rings is 1. The van der Waals surface area contributed by atoms with Gasteiger partial charge in [-0.15, -0.1) is 11.3 Å². The third-order valence-corrected chi connectivity index (χ3v) is 4.82. The molecule has 24 heavy (non-hydrogen) atoms. The summed E-state index contributed by atoms with van der Waals surface area (Å²) in [4.78, 5) is 16.9. The Morgan fingerprint density at radius 2 is 2.33 bits per heavy atom. The maximum Gasteiger partial charge on any atom is 0.251 e. The first-order chi connectivity index (χ1) is 11.6. The number of ether oxygens (including phenoxy) is 2. The molecule has 0 spiro atoms. The second kappa shape index (κ2) is 7.88. The Bertz CT molecular complexity index is 688. The Labute approximate surface area is 146 Å². The van der Waals surface area contributed by atoms with Crippen molar-refractivity contribution in [2.45, 2.75) is 39.0 Å². The van der Waals surface area contributed by atoms with Crippen molar-refractivity contribution in [3.05, 3.63) is 51.5 Å². The predicted octanol–water partition coefficient (Wildman–Crippen LogP) is 2.86. The van der Waals surface area contributed by atoms with Crippen molar-refractivity contribution < 1.29 is 14.3 Å². The minimum Gasteiger partial charge on any atom is -0.379 e. The van der Waals surface area contributed by atoms with E-state index in [1.807, 2.05) is 37.4 Å². The van der Waals surface area contributed by atoms with E-state index >= 15 is 0 Å². The highest BCUT2D eigenvalue weighted by atomic mass is 32.1. The Kier molecular flexibility index (Phi) is 5.60. The summed E-state index contributed by atoms with van der Waals surface area (Å²) in [6.07, 6.45) is 0.590. The molecular formula is C18H22N2O3S. The molecule has 128 valence electrons. The van der Waals surface area contributed by atoms with Crippen LogP contribution in [0.3, 0.4) is 0 Å². The van der Waals surface area contributed by atoms with E-state index in [-0.39, 0.29) is 18.1 Å². The number of thiazole rings is 1. The van der Waals surface area contributed by atoms with Crippen LogP contribution in [0.1, 0.15) is 33.6 Å². The van der Waals surface area contributed by atoms with Gasteiger partial charge in [-0.25, -0.2) is 4.98 Å². The first-order valence-corrected chi connectivity index (χ1v) is 9.02. The first-order valence-electron chi connectivity index (χ1n) is 8.08. The van der Waals surface area contributed by atoms with Crippen molar-refractivity contribution in [1.82, 2.24) is 10.3 Å². The van der Waals surface area contributed by atoms with Crippen LogP contribution in [0, 0.1) is 13.8 Å². The molecule has 2 heterocycles. The summed E-state index contributed by atoms with van der Waals surface area (Å²) < 4.78 is 11.5. The highest BCUT2D eigenvalue weighted by molar-refractivity contribution is 7.07. The molecule has 1 aliphatic rings. The van der Waals surface area contributed by atoms with Crippen molar-refractivity contribution in [2.75, 3.05) is 13.2 Å². The number of amides is 1. The highest BCUT2D eigenvalue weighted by Crippen LogP contribution is 2.16. The number of carbonyl (C=O) groups is 1. The van der Waals surface area contributed by atoms with E-state index in [1.54, 1.807) is 16.8 Å². The van der Waals surface area contributed by atoms with Crippen LogP contribution < -0.4 is 5.32 Å². The van der Waals surface area contributed by atoms with Gasteiger partial charge in [0, 0.05) is 17.6 Å². The maximum atomic E-state index is 12.6. The minimum absolute atomic E-state index is 0.0506. The molecule has 2 aromatic rings. The standard InChI is InChI=1S/C18H22N2O3S/c1-12-3-4-13(2)15(7-12)18(21)20-16-5-6-22-9-17(16)23-8-14-10-24-11-19-14/h3-4,7,10-11,16-17H,5-6,8-9H2,1-2H3,(H,20,21). The van der Waals surface area contributed by atoms with E-state index < -0.39 is 0 Å². The van der Waals surface area contributed by atoms with Gasteiger partial charge in [0.05, 0.1) is 30.5 Å². The molecule has 2 unspecified atom stereocenters. The number of carbonyl (C=O) groups excluding carboxylic acids is 1. The molecule has 1 amide bonds. The fourth-order valence-corrected chi connectivity index (χ4v) is 3.31. The third-order valence-electron chi connectivity index (χ3n) is 4.19. The van der Waals surface area contributed by atoms with Gasteiger partial charge in [0.25, 0.3) is 5.91 Å². The van der Waals surface area contributed by atoms with Crippen LogP contribution in [-0.4, -0.2) is 36.3 Å². The van der Waals surface area contributed by atoms with Crippen LogP contribution in [-0.2, 0) is 16.1 Å². The second-order valence-corrected chi connectivity index (χ2v) is 6.81. The van der Waals surface area contributed by atoms with Crippen molar-refractivity contribution in [2.24, 2.45) is 0 Å². The van der Waals surface area contributed by atoms with E-state index in [4.69, 9.17) is 9.47 Å². The molecule has 1 aliphatic heterocycles. The van der Waals surface area contributed by atoms with Crippen LogP contribution in [0.2, 0.25) is 0 Å². The molecule has 6 heteroatoms. The quantitative estimate of drug-likeness (QED) is 0.904. The van der Waals surface area contributed by atoms with Crippen LogP contribution in [0.25, 0.3) is 0 Å². The Morgan fingerprint density at radius 1 is 1.46 bits per heavy atom. The van der Waals surface area contributed by atoms with Gasteiger partial charge in [-0.1, -0.05) is 17.7 Å². The number of hydrogen-bond acceptors (Lipinski definition) is 5. The fourth-order valence-electron chi connectivity index (χ4n) is 2.77. The highest BCUT2D eigenvalue weighted by Gasteiger charge is 2.28. The van der Waals surface area contributed by atoms with Gasteiger partial charge in [-0.05, 0) is 31.9 Å². The lowest BCUT2D eigenvalue weighted by Crippen LogP contribution is -2.50. The summed E-state index contributed by atoms with van der Waals surface area (Å²) >= 11 is 1.55. The van der Waals surface area contributed by atoms with Gasteiger partial charge in [-0.3, -0.25) is 4.79 Å². The summed E-state index contributed by atoms with van der Waals surface area (Å²) in [6.45, 7) is 5.50. The first kappa shape index (κ1) is 17.1. The molecule has 0 radical (unpaired) electrons. The summed E-state index contributed by atoms with van der Waals surface area (Å²) in [7, 11) is 0. The smallest absolute Gasteiger partial charge is 0.251 e. The normalized spacial score (nSPS) is 20.8. The molecule has 1 fully saturated rings. The molecule has 0 bridgehead atoms. The lowest BCUT2D eigenvalue weighted by molar-refractivity contribution is -0.0742. The zero-order valence-electron chi connectivity index (χ0n) is 14.0. The van der Waals surface area contributed by atoms with Crippen LogP contribution in [0.5, 0.6) is 0 Å². The average Bonchev–Trinajstić information content (AvgIpc) is 3.09. The second-order valence-electron chi connectivity index (χ2n) is 6.09. The van der Waals surface area contributed by atoms with Gasteiger partial charge in [0.1, 0.15) is 6.10 Å². The number of aryl methyl sites for hydroxylation is 2. The molecule has 2 atom stereocenters. The van der Waals surface area contributed by atoms with Crippen molar-refractivity contribution in [3.8, 4) is 0 Å². The third kappa shape index (κ3) is 4.20. The van der Waals surface area contributed by atoms with Gasteiger partial charge >= 0.3 is 0 Å². The maximum absolute atomic E-state index is 12.6. The van der Waals surface area contributed by atoms with Crippen molar-refractivity contribution in [1.29, 1.82) is 0 Å². The largest absolute Gasteiger partial charge is 0.379 e. The molecule has 1 saturated heterocycles. The fraction of sp³-hybridized carbons (Fsp3) is 0.444. The van der Waals surface area contributed by atoms with E-state index in [0.717, 1.165) is 28.8 Å². The minimum atomic E-state index is -0.158. The number of aromatic nitrogens is 1. The topological polar surface area (TPSA) is 60.5 Å². The number of nitrogens with one attached hydrogen (secondary N) is 1. The summed E-state index contributed by atoms with van der Waals surface area (Å²) in [5.74, 6) is -0.0506. The van der Waals surface area contributed by atoms with Crippen molar-refractivity contribution >= 4 is 17.2 Å². The van der Waals surface area contributed by atoms with E-state index in [0.29, 0.717) is 19.8 Å². The van der Waals surface area contributed by atoms with E-state index in [2.05, 4.69) is 10.3 Å². The van der Waals surface area contributed by atoms with Gasteiger partial charge in [-0.2, -0.15) is 0 Å². The SMILES string of the molecule is Cc1ccc(C)c(C(=O)NC2CCOCC2OCc2cscn2)c1. The lowest BCUT2D eigenvalue weighted by Gasteiger charge is -2.32. The van der Waals surface area contributed by atoms with Crippen LogP contribution in [0.15, 0.2) is 29.1 Å². The zero-order valence-corrected chi connectivity index (χ0v) is 14.8. The monoisotopic (exact) mass is 346 g/mol. The van der Waals surface area contributed by atoms with Gasteiger partial charge < -0.3 is 14.8 Å². The zero-order chi connectivity index (χ0) is 16.9. The van der Waals surface area contributed by atoms with Crippen LogP contribution in [0.4, 0.5) is 0 Å². The van der Waals surface area contributed by atoms with Gasteiger partial charge in [0.15, 0.2) is 0 Å². The Morgan fingerprint density at radius 3 is 3.12 bits per heavy atom. The molecule has 1 aromatic carbocycles. The molecule has 0 aliphatic carbocycles. The van der Waals surface area contributed by atoms with E-state index in [9.17, 15) is 4.79 Å². The van der Waals surface area contributed by atoms with Crippen molar-refractivity contribution in [3.63, 3.8) is 0 Å². The van der Waals surface area contributed by atoms with Gasteiger partial charge in [0.2, 0.25) is 0 Å².